The highest BCUT2D eigenvalue weighted by molar-refractivity contribution is 5.78. The summed E-state index contributed by atoms with van der Waals surface area (Å²) in [6.07, 6.45) is 15.5. The van der Waals surface area contributed by atoms with Gasteiger partial charge in [-0.3, -0.25) is 29.9 Å². The Bertz CT molecular complexity index is 2020. The lowest BCUT2D eigenvalue weighted by atomic mass is 9.96. The van der Waals surface area contributed by atoms with Gasteiger partial charge in [0, 0.05) is 70.6 Å². The second-order valence-corrected chi connectivity index (χ2v) is 12.0. The van der Waals surface area contributed by atoms with Gasteiger partial charge in [-0.05, 0) is 111 Å². The molecule has 0 aliphatic carbocycles. The van der Waals surface area contributed by atoms with Gasteiger partial charge in [-0.25, -0.2) is 15.0 Å². The van der Waals surface area contributed by atoms with Gasteiger partial charge >= 0.3 is 0 Å². The quantitative estimate of drug-likeness (QED) is 0.180. The third-order valence-corrected chi connectivity index (χ3v) is 8.59. The van der Waals surface area contributed by atoms with Gasteiger partial charge in [0.1, 0.15) is 0 Å². The van der Waals surface area contributed by atoms with E-state index >= 15 is 0 Å². The van der Waals surface area contributed by atoms with Crippen molar-refractivity contribution >= 4 is 0 Å². The van der Waals surface area contributed by atoms with E-state index in [4.69, 9.17) is 15.0 Å². The van der Waals surface area contributed by atoms with Crippen LogP contribution in [0.4, 0.5) is 0 Å². The molecule has 3 aromatic carbocycles. The molecule has 7 aromatic rings. The Morgan fingerprint density at radius 2 is 0.562 bits per heavy atom. The smallest absolute Gasteiger partial charge is 0.164 e. The zero-order valence-electron chi connectivity index (χ0n) is 27.7. The summed E-state index contributed by atoms with van der Waals surface area (Å²) in [5.41, 5.74) is 14.6. The lowest BCUT2D eigenvalue weighted by Crippen LogP contribution is -2.04. The summed E-state index contributed by atoms with van der Waals surface area (Å²) in [5, 5.41) is 0. The molecule has 0 aliphatic rings. The molecule has 4 aromatic heterocycles. The van der Waals surface area contributed by atoms with Gasteiger partial charge < -0.3 is 0 Å². The molecule has 0 saturated heterocycles. The first-order valence-corrected chi connectivity index (χ1v) is 15.7. The van der Waals surface area contributed by atoms with Crippen LogP contribution < -0.4 is 0 Å². The lowest BCUT2D eigenvalue weighted by Gasteiger charge is -2.16. The van der Waals surface area contributed by atoms with Crippen LogP contribution >= 0.6 is 0 Å². The van der Waals surface area contributed by atoms with Crippen LogP contribution in [0.5, 0.6) is 0 Å². The molecule has 7 rings (SSSR count). The van der Waals surface area contributed by atoms with Crippen molar-refractivity contribution in [1.29, 1.82) is 0 Å². The predicted octanol–water partition coefficient (Wildman–Crippen LogP) is 8.09. The molecule has 0 bridgehead atoms. The van der Waals surface area contributed by atoms with Crippen LogP contribution in [0.3, 0.4) is 0 Å². The molecule has 0 radical (unpaired) electrons. The van der Waals surface area contributed by atoms with Crippen LogP contribution in [0.2, 0.25) is 0 Å². The lowest BCUT2D eigenvalue weighted by molar-refractivity contribution is 1.06. The first kappa shape index (κ1) is 30.6. The minimum Gasteiger partial charge on any atom is -0.261 e. The van der Waals surface area contributed by atoms with E-state index in [1.54, 1.807) is 55.8 Å². The Kier molecular flexibility index (Phi) is 8.02. The molecule has 9 nitrogen and oxygen atoms in total. The van der Waals surface area contributed by atoms with Gasteiger partial charge in [-0.2, -0.15) is 0 Å². The molecule has 0 amide bonds. The van der Waals surface area contributed by atoms with Gasteiger partial charge in [0.2, 0.25) is 0 Å². The van der Waals surface area contributed by atoms with Crippen molar-refractivity contribution in [3.8, 4) is 67.9 Å². The van der Waals surface area contributed by atoms with Gasteiger partial charge in [0.25, 0.3) is 0 Å². The number of aromatic nitrogens is 9. The third-order valence-electron chi connectivity index (χ3n) is 8.59. The number of nitrogens with zero attached hydrogens (tertiary/aromatic N) is 9. The van der Waals surface area contributed by atoms with Crippen LogP contribution in [-0.2, 0) is 0 Å². The summed E-state index contributed by atoms with van der Waals surface area (Å²) in [6.45, 7) is 12.5. The van der Waals surface area contributed by atoms with Gasteiger partial charge in [0.05, 0.1) is 35.7 Å². The number of hydrogen-bond donors (Lipinski definition) is 0. The summed E-state index contributed by atoms with van der Waals surface area (Å²) >= 11 is 0. The van der Waals surface area contributed by atoms with E-state index in [0.717, 1.165) is 83.8 Å². The summed E-state index contributed by atoms with van der Waals surface area (Å²) in [5.74, 6) is 1.81. The van der Waals surface area contributed by atoms with E-state index in [0.29, 0.717) is 17.5 Å². The summed E-state index contributed by atoms with van der Waals surface area (Å²) < 4.78 is 0. The van der Waals surface area contributed by atoms with Crippen molar-refractivity contribution < 1.29 is 0 Å². The fraction of sp³-hybridized carbons (Fsp3) is 0.154. The molecule has 0 unspecified atom stereocenters. The van der Waals surface area contributed by atoms with Gasteiger partial charge in [-0.1, -0.05) is 0 Å². The minimum absolute atomic E-state index is 0.603. The molecule has 0 aliphatic heterocycles. The molecule has 0 fully saturated rings. The van der Waals surface area contributed by atoms with Crippen LogP contribution in [0.25, 0.3) is 67.9 Å². The second kappa shape index (κ2) is 12.6. The monoisotopic (exact) mass is 627 g/mol. The maximum absolute atomic E-state index is 5.13. The Morgan fingerprint density at radius 3 is 0.812 bits per heavy atom. The van der Waals surface area contributed by atoms with Crippen LogP contribution in [0.15, 0.2) is 92.2 Å². The maximum Gasteiger partial charge on any atom is 0.164 e. The summed E-state index contributed by atoms with van der Waals surface area (Å²) in [7, 11) is 0. The van der Waals surface area contributed by atoms with E-state index in [1.165, 1.54) is 0 Å². The van der Waals surface area contributed by atoms with Crippen molar-refractivity contribution in [1.82, 2.24) is 44.9 Å². The Labute approximate surface area is 279 Å². The predicted molar refractivity (Wildman–Crippen MR) is 188 cm³/mol. The number of rotatable bonds is 6. The Hall–Kier alpha value is -6.09. The van der Waals surface area contributed by atoms with Crippen molar-refractivity contribution in [3.05, 3.63) is 126 Å². The number of aryl methyl sites for hydroxylation is 6. The van der Waals surface area contributed by atoms with E-state index < -0.39 is 0 Å². The number of benzene rings is 3. The maximum atomic E-state index is 5.13. The Balaban J connectivity index is 1.42. The average Bonchev–Trinajstić information content (AvgIpc) is 3.11. The summed E-state index contributed by atoms with van der Waals surface area (Å²) in [6, 6.07) is 12.8. The molecule has 234 valence electrons. The van der Waals surface area contributed by atoms with E-state index in [1.807, 2.05) is 0 Å². The van der Waals surface area contributed by atoms with Gasteiger partial charge in [-0.15, -0.1) is 0 Å². The third kappa shape index (κ3) is 5.82. The van der Waals surface area contributed by atoms with Crippen molar-refractivity contribution in [2.45, 2.75) is 41.5 Å². The molecule has 0 spiro atoms. The molecule has 4 heterocycles. The van der Waals surface area contributed by atoms with Crippen molar-refractivity contribution in [3.63, 3.8) is 0 Å². The van der Waals surface area contributed by atoms with E-state index in [-0.39, 0.29) is 0 Å². The van der Waals surface area contributed by atoms with E-state index in [2.05, 4.69) is 108 Å². The first-order chi connectivity index (χ1) is 23.3. The molecule has 0 saturated carbocycles. The van der Waals surface area contributed by atoms with Crippen LogP contribution in [-0.4, -0.2) is 44.9 Å². The summed E-state index contributed by atoms with van der Waals surface area (Å²) in [4.78, 5) is 41.8. The highest BCUT2D eigenvalue weighted by Crippen LogP contribution is 2.35. The molecule has 0 N–H and O–H groups in total. The molecule has 9 heteroatoms. The molecule has 48 heavy (non-hydrogen) atoms. The van der Waals surface area contributed by atoms with Gasteiger partial charge in [0.15, 0.2) is 17.5 Å². The molecular formula is C39H33N9. The largest absolute Gasteiger partial charge is 0.261 e. The van der Waals surface area contributed by atoms with Crippen molar-refractivity contribution in [2.24, 2.45) is 0 Å². The second-order valence-electron chi connectivity index (χ2n) is 12.0. The highest BCUT2D eigenvalue weighted by atomic mass is 15.0. The normalized spacial score (nSPS) is 11.1. The average molecular weight is 628 g/mol. The zero-order valence-corrected chi connectivity index (χ0v) is 27.7. The zero-order chi connectivity index (χ0) is 33.4. The van der Waals surface area contributed by atoms with Crippen molar-refractivity contribution in [2.75, 3.05) is 0 Å². The van der Waals surface area contributed by atoms with Crippen LogP contribution in [0.1, 0.15) is 33.4 Å². The molecule has 0 atom stereocenters. The number of hydrogen-bond acceptors (Lipinski definition) is 9. The fourth-order valence-corrected chi connectivity index (χ4v) is 6.05. The molecular weight excluding hydrogens is 594 g/mol. The standard InChI is InChI=1S/C39H33N9/c1-22-16-31(25(4)13-28(22)34-19-40-7-10-43-34)37-46-38(32-17-23(2)29(14-26(32)5)35-20-41-8-11-44-35)48-39(47-37)33-18-24(3)30(15-27(33)6)36-21-42-9-12-45-36/h7-21H,1-6H3. The fourth-order valence-electron chi connectivity index (χ4n) is 6.05. The Morgan fingerprint density at radius 1 is 0.312 bits per heavy atom. The van der Waals surface area contributed by atoms with Crippen LogP contribution in [0, 0.1) is 41.5 Å². The first-order valence-electron chi connectivity index (χ1n) is 15.7. The highest BCUT2D eigenvalue weighted by Gasteiger charge is 2.20. The topological polar surface area (TPSA) is 116 Å². The minimum atomic E-state index is 0.603. The van der Waals surface area contributed by atoms with E-state index in [9.17, 15) is 0 Å². The SMILES string of the molecule is Cc1cc(-c2nc(-c3cc(C)c(-c4cnccn4)cc3C)nc(-c3cc(C)c(-c4cnccn4)cc3C)n2)c(C)cc1-c1cnccn1.